The molecule has 1 heterocycles. The Morgan fingerprint density at radius 3 is 2.59 bits per heavy atom. The summed E-state index contributed by atoms with van der Waals surface area (Å²) in [7, 11) is 0. The number of hydrogen-bond acceptors (Lipinski definition) is 4. The zero-order valence-electron chi connectivity index (χ0n) is 14.8. The van der Waals surface area contributed by atoms with Gasteiger partial charge in [0.2, 0.25) is 5.88 Å². The van der Waals surface area contributed by atoms with E-state index in [1.54, 1.807) is 13.0 Å². The van der Waals surface area contributed by atoms with Crippen LogP contribution in [0.4, 0.5) is 10.1 Å². The molecule has 1 atom stereocenters. The molecule has 7 heteroatoms. The van der Waals surface area contributed by atoms with Gasteiger partial charge in [-0.25, -0.2) is 4.39 Å². The molecule has 1 N–H and O–H groups in total. The average Bonchev–Trinajstić information content (AvgIpc) is 2.64. The van der Waals surface area contributed by atoms with Crippen molar-refractivity contribution < 1.29 is 13.9 Å². The van der Waals surface area contributed by atoms with Crippen LogP contribution in [0.15, 0.2) is 65.5 Å². The van der Waals surface area contributed by atoms with Gasteiger partial charge in [0, 0.05) is 17.8 Å². The van der Waals surface area contributed by atoms with Crippen molar-refractivity contribution in [2.75, 3.05) is 5.32 Å². The van der Waals surface area contributed by atoms with E-state index in [9.17, 15) is 14.0 Å². The number of carbonyl (C=O) groups excluding carboxylic acids is 1. The molecule has 0 fully saturated rings. The third-order valence-electron chi connectivity index (χ3n) is 3.80. The van der Waals surface area contributed by atoms with Gasteiger partial charge in [0.25, 0.3) is 11.5 Å². The second kappa shape index (κ2) is 7.82. The minimum Gasteiger partial charge on any atom is -0.463 e. The van der Waals surface area contributed by atoms with Crippen LogP contribution in [0.2, 0.25) is 0 Å². The fourth-order valence-corrected chi connectivity index (χ4v) is 2.43. The van der Waals surface area contributed by atoms with E-state index < -0.39 is 17.5 Å². The smallest absolute Gasteiger partial charge is 0.271 e. The molecule has 0 aliphatic rings. The number of aryl methyl sites for hydroxylation is 1. The Bertz CT molecular complexity index is 1020. The van der Waals surface area contributed by atoms with Crippen LogP contribution < -0.4 is 15.6 Å². The normalized spacial score (nSPS) is 11.7. The number of aromatic nitrogens is 2. The summed E-state index contributed by atoms with van der Waals surface area (Å²) in [5.74, 6) is -0.659. The number of hydrogen-bond donors (Lipinski definition) is 1. The van der Waals surface area contributed by atoms with Crippen LogP contribution in [-0.4, -0.2) is 21.8 Å². The number of anilines is 1. The van der Waals surface area contributed by atoms with Crippen LogP contribution >= 0.6 is 0 Å². The van der Waals surface area contributed by atoms with Gasteiger partial charge in [-0.15, -0.1) is 5.10 Å². The number of benzene rings is 2. The van der Waals surface area contributed by atoms with Gasteiger partial charge in [0.1, 0.15) is 5.82 Å². The number of nitrogens with one attached hydrogen (secondary N) is 1. The lowest BCUT2D eigenvalue weighted by atomic mass is 10.2. The maximum Gasteiger partial charge on any atom is 0.271 e. The molecule has 0 aliphatic heterocycles. The van der Waals surface area contributed by atoms with Crippen molar-refractivity contribution in [1.29, 1.82) is 0 Å². The molecular formula is C20H18FN3O3. The third-order valence-corrected chi connectivity index (χ3v) is 3.80. The lowest BCUT2D eigenvalue weighted by molar-refractivity contribution is -0.122. The van der Waals surface area contributed by atoms with Crippen molar-refractivity contribution in [1.82, 2.24) is 9.78 Å². The summed E-state index contributed by atoms with van der Waals surface area (Å²) < 4.78 is 19.7. The van der Waals surface area contributed by atoms with Crippen LogP contribution in [0.1, 0.15) is 12.5 Å². The lowest BCUT2D eigenvalue weighted by Gasteiger charge is -2.15. The van der Waals surface area contributed by atoms with Crippen LogP contribution in [0, 0.1) is 12.7 Å². The molecule has 0 radical (unpaired) electrons. The summed E-state index contributed by atoms with van der Waals surface area (Å²) in [6, 6.07) is 15.4. The number of halogens is 1. The zero-order chi connectivity index (χ0) is 19.4. The molecular weight excluding hydrogens is 349 g/mol. The molecule has 138 valence electrons. The fourth-order valence-electron chi connectivity index (χ4n) is 2.43. The first-order valence-corrected chi connectivity index (χ1v) is 8.33. The van der Waals surface area contributed by atoms with Crippen LogP contribution in [0.25, 0.3) is 5.69 Å². The molecule has 0 bridgehead atoms. The van der Waals surface area contributed by atoms with Crippen molar-refractivity contribution in [2.24, 2.45) is 0 Å². The van der Waals surface area contributed by atoms with E-state index in [2.05, 4.69) is 10.4 Å². The summed E-state index contributed by atoms with van der Waals surface area (Å²) in [6.45, 7) is 3.51. The van der Waals surface area contributed by atoms with Crippen LogP contribution in [-0.2, 0) is 4.79 Å². The Hall–Kier alpha value is -3.48. The first kappa shape index (κ1) is 18.3. The highest BCUT2D eigenvalue weighted by molar-refractivity contribution is 5.94. The maximum atomic E-state index is 13.1. The summed E-state index contributed by atoms with van der Waals surface area (Å²) in [5.41, 5.74) is 1.68. The second-order valence-corrected chi connectivity index (χ2v) is 6.02. The predicted octanol–water partition coefficient (Wildman–Crippen LogP) is 3.09. The monoisotopic (exact) mass is 367 g/mol. The summed E-state index contributed by atoms with van der Waals surface area (Å²) in [6.07, 6.45) is -0.836. The van der Waals surface area contributed by atoms with E-state index >= 15 is 0 Å². The Kier molecular flexibility index (Phi) is 5.30. The largest absolute Gasteiger partial charge is 0.463 e. The van der Waals surface area contributed by atoms with E-state index in [1.165, 1.54) is 36.4 Å². The fraction of sp³-hybridized carbons (Fsp3) is 0.150. The molecule has 1 amide bonds. The van der Waals surface area contributed by atoms with Gasteiger partial charge in [0.15, 0.2) is 6.10 Å². The van der Waals surface area contributed by atoms with Crippen molar-refractivity contribution >= 4 is 11.6 Å². The number of nitrogens with zero attached hydrogens (tertiary/aromatic N) is 2. The SMILES string of the molecule is Cc1cccc(NC(=O)[C@H](C)Oc2ccc(=O)n(-c3ccc(F)cc3)n2)c1. The van der Waals surface area contributed by atoms with Gasteiger partial charge < -0.3 is 10.1 Å². The minimum absolute atomic E-state index is 0.103. The average molecular weight is 367 g/mol. The van der Waals surface area contributed by atoms with Gasteiger partial charge in [0.05, 0.1) is 5.69 Å². The number of amides is 1. The zero-order valence-corrected chi connectivity index (χ0v) is 14.8. The van der Waals surface area contributed by atoms with Crippen molar-refractivity contribution in [3.63, 3.8) is 0 Å². The lowest BCUT2D eigenvalue weighted by Crippen LogP contribution is -2.31. The van der Waals surface area contributed by atoms with Crippen LogP contribution in [0.5, 0.6) is 5.88 Å². The summed E-state index contributed by atoms with van der Waals surface area (Å²) >= 11 is 0. The molecule has 3 rings (SSSR count). The molecule has 27 heavy (non-hydrogen) atoms. The van der Waals surface area contributed by atoms with E-state index in [-0.39, 0.29) is 11.8 Å². The molecule has 0 saturated carbocycles. The number of rotatable bonds is 5. The highest BCUT2D eigenvalue weighted by Gasteiger charge is 2.16. The summed E-state index contributed by atoms with van der Waals surface area (Å²) in [4.78, 5) is 24.3. The Labute approximate surface area is 155 Å². The number of ether oxygens (including phenoxy) is 1. The van der Waals surface area contributed by atoms with Crippen LogP contribution in [0.3, 0.4) is 0 Å². The van der Waals surface area contributed by atoms with E-state index in [0.717, 1.165) is 10.2 Å². The first-order chi connectivity index (χ1) is 12.9. The highest BCUT2D eigenvalue weighted by atomic mass is 19.1. The predicted molar refractivity (Wildman–Crippen MR) is 99.7 cm³/mol. The molecule has 2 aromatic carbocycles. The van der Waals surface area contributed by atoms with Crippen molar-refractivity contribution in [3.05, 3.63) is 82.4 Å². The van der Waals surface area contributed by atoms with Gasteiger partial charge in [-0.05, 0) is 55.8 Å². The van der Waals surface area contributed by atoms with E-state index in [1.807, 2.05) is 25.1 Å². The molecule has 0 aliphatic carbocycles. The Morgan fingerprint density at radius 2 is 1.89 bits per heavy atom. The Morgan fingerprint density at radius 1 is 1.15 bits per heavy atom. The van der Waals surface area contributed by atoms with Crippen molar-refractivity contribution in [3.8, 4) is 11.6 Å². The third kappa shape index (κ3) is 4.58. The van der Waals surface area contributed by atoms with Crippen molar-refractivity contribution in [2.45, 2.75) is 20.0 Å². The molecule has 6 nitrogen and oxygen atoms in total. The number of carbonyl (C=O) groups is 1. The topological polar surface area (TPSA) is 73.2 Å². The van der Waals surface area contributed by atoms with E-state index in [0.29, 0.717) is 11.4 Å². The summed E-state index contributed by atoms with van der Waals surface area (Å²) in [5, 5.41) is 6.86. The van der Waals surface area contributed by atoms with Gasteiger partial charge >= 0.3 is 0 Å². The molecule has 0 saturated heterocycles. The quantitative estimate of drug-likeness (QED) is 0.752. The minimum atomic E-state index is -0.836. The highest BCUT2D eigenvalue weighted by Crippen LogP contribution is 2.13. The van der Waals surface area contributed by atoms with Gasteiger partial charge in [-0.2, -0.15) is 4.68 Å². The van der Waals surface area contributed by atoms with Gasteiger partial charge in [-0.3, -0.25) is 9.59 Å². The second-order valence-electron chi connectivity index (χ2n) is 6.02. The van der Waals surface area contributed by atoms with E-state index in [4.69, 9.17) is 4.74 Å². The van der Waals surface area contributed by atoms with Gasteiger partial charge in [-0.1, -0.05) is 12.1 Å². The molecule has 3 aromatic rings. The molecule has 1 aromatic heterocycles. The standard InChI is InChI=1S/C20H18FN3O3/c1-13-4-3-5-16(12-13)22-20(26)14(2)27-18-10-11-19(25)24(23-18)17-8-6-15(21)7-9-17/h3-12,14H,1-2H3,(H,22,26)/t14-/m0/s1. The first-order valence-electron chi connectivity index (χ1n) is 8.33. The molecule has 0 unspecified atom stereocenters. The molecule has 0 spiro atoms. The maximum absolute atomic E-state index is 13.1. The Balaban J connectivity index is 1.75.